The molecule has 0 unspecified atom stereocenters. The summed E-state index contributed by atoms with van der Waals surface area (Å²) in [6.07, 6.45) is 1.25. The van der Waals surface area contributed by atoms with Crippen molar-refractivity contribution >= 4 is 15.9 Å². The first-order valence-corrected chi connectivity index (χ1v) is 11.9. The molecule has 3 aromatic rings. The van der Waals surface area contributed by atoms with Gasteiger partial charge in [0.05, 0.1) is 22.5 Å². The Morgan fingerprint density at radius 2 is 1.68 bits per heavy atom. The number of nitrogens with one attached hydrogen (secondary N) is 1. The number of carbonyl (C=O) groups excluding carboxylic acids is 1. The Hall–Kier alpha value is -2.77. The topological polar surface area (TPSA) is 81.1 Å². The summed E-state index contributed by atoms with van der Waals surface area (Å²) < 4.78 is 30.7. The van der Waals surface area contributed by atoms with E-state index in [0.29, 0.717) is 6.42 Å². The van der Waals surface area contributed by atoms with Crippen molar-refractivity contribution in [3.63, 3.8) is 0 Å². The highest BCUT2D eigenvalue weighted by atomic mass is 32.2. The average molecular weight is 440 g/mol. The van der Waals surface area contributed by atoms with Crippen LogP contribution in [-0.2, 0) is 10.0 Å². The van der Waals surface area contributed by atoms with E-state index >= 15 is 0 Å². The maximum atomic E-state index is 13.5. The summed E-state index contributed by atoms with van der Waals surface area (Å²) in [5.74, 6) is -0.821. The maximum absolute atomic E-state index is 13.5. The molecule has 1 aromatic heterocycles. The Balaban J connectivity index is 2.05. The summed E-state index contributed by atoms with van der Waals surface area (Å²) in [5, 5.41) is 4.34. The van der Waals surface area contributed by atoms with Crippen LogP contribution in [0.5, 0.6) is 0 Å². The van der Waals surface area contributed by atoms with Crippen LogP contribution in [0.2, 0.25) is 0 Å². The largest absolute Gasteiger partial charge is 0.272 e. The molecular formula is C24H29N3O3S. The summed E-state index contributed by atoms with van der Waals surface area (Å²) in [7, 11) is -3.84. The van der Waals surface area contributed by atoms with Gasteiger partial charge < -0.3 is 0 Å². The molecule has 0 radical (unpaired) electrons. The maximum Gasteiger partial charge on any atom is 0.252 e. The van der Waals surface area contributed by atoms with Gasteiger partial charge in [0.25, 0.3) is 5.91 Å². The van der Waals surface area contributed by atoms with E-state index in [0.717, 1.165) is 28.9 Å². The smallest absolute Gasteiger partial charge is 0.252 e. The molecule has 3 rings (SSSR count). The van der Waals surface area contributed by atoms with Crippen molar-refractivity contribution in [2.75, 3.05) is 0 Å². The third-order valence-electron chi connectivity index (χ3n) is 5.31. The van der Waals surface area contributed by atoms with Crippen molar-refractivity contribution in [3.8, 4) is 0 Å². The van der Waals surface area contributed by atoms with Gasteiger partial charge in [0.15, 0.2) is 0 Å². The van der Waals surface area contributed by atoms with E-state index in [2.05, 4.69) is 9.82 Å². The molecule has 0 aliphatic carbocycles. The van der Waals surface area contributed by atoms with E-state index in [-0.39, 0.29) is 10.8 Å². The standard InChI is InChI=1S/C24H29N3O3S/c1-5-9-22(24(28)27-19(4)16-18(3)25-27)23(20-10-7-6-8-11-20)26-31(29,30)21-14-12-17(2)13-15-21/h6-8,10-16,22-23,26H,5,9H2,1-4H3/t22-,23-/m1/s1. The zero-order valence-corrected chi connectivity index (χ0v) is 19.2. The van der Waals surface area contributed by atoms with Crippen LogP contribution in [0.3, 0.4) is 0 Å². The predicted octanol–water partition coefficient (Wildman–Crippen LogP) is 4.58. The lowest BCUT2D eigenvalue weighted by molar-refractivity contribution is 0.0778. The first-order chi connectivity index (χ1) is 14.7. The minimum atomic E-state index is -3.84. The van der Waals surface area contributed by atoms with Gasteiger partial charge in [-0.15, -0.1) is 0 Å². The van der Waals surface area contributed by atoms with Gasteiger partial charge in [-0.3, -0.25) is 4.79 Å². The molecule has 164 valence electrons. The Labute approximate surface area is 184 Å². The zero-order valence-electron chi connectivity index (χ0n) is 18.4. The Morgan fingerprint density at radius 1 is 1.03 bits per heavy atom. The molecule has 0 amide bonds. The molecule has 2 atom stereocenters. The third-order valence-corrected chi connectivity index (χ3v) is 6.77. The second kappa shape index (κ2) is 9.58. The van der Waals surface area contributed by atoms with Gasteiger partial charge in [0.1, 0.15) is 0 Å². The molecular weight excluding hydrogens is 410 g/mol. The van der Waals surface area contributed by atoms with Crippen molar-refractivity contribution in [1.29, 1.82) is 0 Å². The van der Waals surface area contributed by atoms with E-state index in [4.69, 9.17) is 0 Å². The van der Waals surface area contributed by atoms with E-state index < -0.39 is 22.0 Å². The lowest BCUT2D eigenvalue weighted by atomic mass is 9.89. The predicted molar refractivity (Wildman–Crippen MR) is 121 cm³/mol. The fraction of sp³-hybridized carbons (Fsp3) is 0.333. The molecule has 0 aliphatic heterocycles. The number of carbonyl (C=O) groups is 1. The molecule has 6 nitrogen and oxygen atoms in total. The van der Waals surface area contributed by atoms with E-state index in [9.17, 15) is 13.2 Å². The fourth-order valence-corrected chi connectivity index (χ4v) is 5.01. The molecule has 31 heavy (non-hydrogen) atoms. The quantitative estimate of drug-likeness (QED) is 0.557. The molecule has 1 N–H and O–H groups in total. The number of nitrogens with zero attached hydrogens (tertiary/aromatic N) is 2. The minimum Gasteiger partial charge on any atom is -0.272 e. The van der Waals surface area contributed by atoms with Crippen LogP contribution in [0.25, 0.3) is 0 Å². The Morgan fingerprint density at radius 3 is 2.23 bits per heavy atom. The van der Waals surface area contributed by atoms with Crippen molar-refractivity contribution in [1.82, 2.24) is 14.5 Å². The van der Waals surface area contributed by atoms with E-state index in [1.165, 1.54) is 4.68 Å². The second-order valence-electron chi connectivity index (χ2n) is 7.90. The summed E-state index contributed by atoms with van der Waals surface area (Å²) in [6.45, 7) is 7.55. The number of hydrogen-bond acceptors (Lipinski definition) is 4. The second-order valence-corrected chi connectivity index (χ2v) is 9.61. The van der Waals surface area contributed by atoms with Gasteiger partial charge in [-0.2, -0.15) is 5.10 Å². The number of aryl methyl sites for hydroxylation is 3. The summed E-state index contributed by atoms with van der Waals surface area (Å²) in [6, 6.07) is 17.1. The van der Waals surface area contributed by atoms with Crippen molar-refractivity contribution in [3.05, 3.63) is 83.2 Å². The normalized spacial score (nSPS) is 13.7. The number of hydrogen-bond donors (Lipinski definition) is 1. The molecule has 0 fully saturated rings. The molecule has 0 spiro atoms. The van der Waals surface area contributed by atoms with Crippen LogP contribution >= 0.6 is 0 Å². The van der Waals surface area contributed by atoms with Crippen LogP contribution in [-0.4, -0.2) is 24.1 Å². The molecule has 0 saturated carbocycles. The summed E-state index contributed by atoms with van der Waals surface area (Å²) in [5.41, 5.74) is 3.20. The number of rotatable bonds is 8. The van der Waals surface area contributed by atoms with Gasteiger partial charge in [0.2, 0.25) is 10.0 Å². The Kier molecular flexibility index (Phi) is 7.08. The van der Waals surface area contributed by atoms with Gasteiger partial charge in [-0.1, -0.05) is 61.4 Å². The van der Waals surface area contributed by atoms with Crippen LogP contribution in [0, 0.1) is 26.7 Å². The Bertz CT molecular complexity index is 1140. The number of aromatic nitrogens is 2. The highest BCUT2D eigenvalue weighted by Gasteiger charge is 2.34. The lowest BCUT2D eigenvalue weighted by Gasteiger charge is -2.27. The van der Waals surface area contributed by atoms with Crippen LogP contribution in [0.4, 0.5) is 0 Å². The number of sulfonamides is 1. The number of benzene rings is 2. The average Bonchev–Trinajstić information content (AvgIpc) is 3.09. The van der Waals surface area contributed by atoms with Crippen LogP contribution in [0.1, 0.15) is 53.1 Å². The molecule has 1 heterocycles. The first kappa shape index (κ1) is 22.9. The van der Waals surface area contributed by atoms with E-state index in [1.54, 1.807) is 24.3 Å². The van der Waals surface area contributed by atoms with Crippen molar-refractivity contribution < 1.29 is 13.2 Å². The van der Waals surface area contributed by atoms with Crippen LogP contribution in [0.15, 0.2) is 65.6 Å². The van der Waals surface area contributed by atoms with Gasteiger partial charge in [-0.25, -0.2) is 17.8 Å². The minimum absolute atomic E-state index is 0.174. The molecule has 0 bridgehead atoms. The van der Waals surface area contributed by atoms with Gasteiger partial charge >= 0.3 is 0 Å². The lowest BCUT2D eigenvalue weighted by Crippen LogP contribution is -2.39. The highest BCUT2D eigenvalue weighted by molar-refractivity contribution is 7.89. The van der Waals surface area contributed by atoms with Crippen molar-refractivity contribution in [2.45, 2.75) is 51.5 Å². The third kappa shape index (κ3) is 5.29. The monoisotopic (exact) mass is 439 g/mol. The molecule has 0 saturated heterocycles. The zero-order chi connectivity index (χ0) is 22.6. The van der Waals surface area contributed by atoms with Crippen LogP contribution < -0.4 is 4.72 Å². The SMILES string of the molecule is CCC[C@@H](C(=O)n1nc(C)cc1C)[C@H](NS(=O)(=O)c1ccc(C)cc1)c1ccccc1. The summed E-state index contributed by atoms with van der Waals surface area (Å²) >= 11 is 0. The molecule has 0 aliphatic rings. The highest BCUT2D eigenvalue weighted by Crippen LogP contribution is 2.30. The van der Waals surface area contributed by atoms with Gasteiger partial charge in [-0.05, 0) is 51.0 Å². The first-order valence-electron chi connectivity index (χ1n) is 10.4. The summed E-state index contributed by atoms with van der Waals surface area (Å²) in [4.78, 5) is 13.7. The van der Waals surface area contributed by atoms with Gasteiger partial charge in [0, 0.05) is 5.69 Å². The van der Waals surface area contributed by atoms with Crippen molar-refractivity contribution in [2.24, 2.45) is 5.92 Å². The fourth-order valence-electron chi connectivity index (χ4n) is 3.75. The molecule has 7 heteroatoms. The van der Waals surface area contributed by atoms with E-state index in [1.807, 2.05) is 64.1 Å². The molecule has 2 aromatic carbocycles.